The minimum Gasteiger partial charge on any atom is -0.289 e. The lowest BCUT2D eigenvalue weighted by molar-refractivity contribution is 0.103. The van der Waals surface area contributed by atoms with E-state index in [1.165, 1.54) is 23.3 Å². The molecule has 28 heavy (non-hydrogen) atoms. The molecule has 0 bridgehead atoms. The summed E-state index contributed by atoms with van der Waals surface area (Å²) < 4.78 is 0. The van der Waals surface area contributed by atoms with Crippen molar-refractivity contribution in [2.24, 2.45) is 0 Å². The molecule has 0 aliphatic carbocycles. The molecular formula is C26H28O2. The lowest BCUT2D eigenvalue weighted by atomic mass is 9.88. The van der Waals surface area contributed by atoms with Gasteiger partial charge in [-0.1, -0.05) is 88.4 Å². The molecule has 0 aromatic heterocycles. The Labute approximate surface area is 168 Å². The van der Waals surface area contributed by atoms with E-state index in [0.29, 0.717) is 11.1 Å². The maximum Gasteiger partial charge on any atom is 0.185 e. The van der Waals surface area contributed by atoms with Gasteiger partial charge < -0.3 is 0 Å². The van der Waals surface area contributed by atoms with Crippen molar-refractivity contribution < 1.29 is 9.59 Å². The minimum absolute atomic E-state index is 0.0659. The van der Waals surface area contributed by atoms with Crippen LogP contribution in [0.5, 0.6) is 0 Å². The highest BCUT2D eigenvalue weighted by atomic mass is 16.1. The average Bonchev–Trinajstić information content (AvgIpc) is 2.75. The van der Waals surface area contributed by atoms with E-state index in [1.807, 2.05) is 48.5 Å². The second-order valence-corrected chi connectivity index (χ2v) is 6.75. The van der Waals surface area contributed by atoms with Crippen molar-refractivity contribution in [3.05, 3.63) is 96.1 Å². The highest BCUT2D eigenvalue weighted by molar-refractivity contribution is 6.05. The Bertz CT molecular complexity index is 806. The second kappa shape index (κ2) is 10.4. The van der Waals surface area contributed by atoms with Crippen LogP contribution in [0.3, 0.4) is 0 Å². The van der Waals surface area contributed by atoms with E-state index in [0.717, 1.165) is 36.8 Å². The molecule has 2 aromatic rings. The molecule has 0 aliphatic rings. The predicted octanol–water partition coefficient (Wildman–Crippen LogP) is 6.94. The molecule has 0 radical (unpaired) electrons. The highest BCUT2D eigenvalue weighted by Gasteiger charge is 2.12. The number of carbonyl (C=O) groups is 2. The zero-order chi connectivity index (χ0) is 20.5. The normalized spacial score (nSPS) is 11.5. The Kier molecular flexibility index (Phi) is 7.88. The van der Waals surface area contributed by atoms with Crippen molar-refractivity contribution in [2.75, 3.05) is 0 Å². The molecule has 2 nitrogen and oxygen atoms in total. The third-order valence-corrected chi connectivity index (χ3v) is 4.77. The Morgan fingerprint density at radius 1 is 0.643 bits per heavy atom. The first-order valence-corrected chi connectivity index (χ1v) is 9.82. The molecule has 0 saturated heterocycles. The molecule has 0 spiro atoms. The van der Waals surface area contributed by atoms with Gasteiger partial charge in [-0.3, -0.25) is 9.59 Å². The van der Waals surface area contributed by atoms with Gasteiger partial charge in [0.15, 0.2) is 11.6 Å². The van der Waals surface area contributed by atoms with Crippen molar-refractivity contribution in [1.29, 1.82) is 0 Å². The van der Waals surface area contributed by atoms with Crippen molar-refractivity contribution >= 4 is 22.7 Å². The maximum atomic E-state index is 11.8. The molecular weight excluding hydrogens is 344 g/mol. The molecule has 0 unspecified atom stereocenters. The molecule has 0 atom stereocenters. The quantitative estimate of drug-likeness (QED) is 0.257. The lowest BCUT2D eigenvalue weighted by Gasteiger charge is -2.17. The number of benzene rings is 2. The monoisotopic (exact) mass is 372 g/mol. The van der Waals surface area contributed by atoms with Gasteiger partial charge in [-0.05, 0) is 47.3 Å². The van der Waals surface area contributed by atoms with Crippen molar-refractivity contribution in [3.8, 4) is 0 Å². The van der Waals surface area contributed by atoms with Gasteiger partial charge in [0.2, 0.25) is 0 Å². The van der Waals surface area contributed by atoms with Crippen LogP contribution in [0.25, 0.3) is 11.1 Å². The summed E-state index contributed by atoms with van der Waals surface area (Å²) in [6.07, 6.45) is 6.65. The van der Waals surface area contributed by atoms with Gasteiger partial charge in [0.05, 0.1) is 0 Å². The molecule has 0 saturated carbocycles. The van der Waals surface area contributed by atoms with Gasteiger partial charge >= 0.3 is 0 Å². The third-order valence-electron chi connectivity index (χ3n) is 4.77. The first-order valence-electron chi connectivity index (χ1n) is 9.82. The van der Waals surface area contributed by atoms with E-state index in [4.69, 9.17) is 0 Å². The Hall–Kier alpha value is -3.00. The second-order valence-electron chi connectivity index (χ2n) is 6.75. The van der Waals surface area contributed by atoms with Gasteiger partial charge in [-0.15, -0.1) is 0 Å². The van der Waals surface area contributed by atoms with Crippen LogP contribution in [0.15, 0.2) is 73.8 Å². The summed E-state index contributed by atoms with van der Waals surface area (Å²) in [4.78, 5) is 23.7. The van der Waals surface area contributed by atoms with Crippen LogP contribution in [0.1, 0.15) is 71.4 Å². The molecule has 0 fully saturated rings. The third kappa shape index (κ3) is 5.04. The summed E-state index contributed by atoms with van der Waals surface area (Å²) in [5.41, 5.74) is 6.17. The Morgan fingerprint density at radius 3 is 1.18 bits per heavy atom. The molecule has 2 aromatic carbocycles. The largest absolute Gasteiger partial charge is 0.289 e. The minimum atomic E-state index is -0.0659. The van der Waals surface area contributed by atoms with E-state index >= 15 is 0 Å². The van der Waals surface area contributed by atoms with Crippen LogP contribution in [0, 0.1) is 0 Å². The number of hydrogen-bond donors (Lipinski definition) is 0. The van der Waals surface area contributed by atoms with E-state index in [-0.39, 0.29) is 11.6 Å². The summed E-state index contributed by atoms with van der Waals surface area (Å²) in [5, 5.41) is 0. The van der Waals surface area contributed by atoms with Crippen molar-refractivity contribution in [1.82, 2.24) is 0 Å². The number of ketones is 2. The predicted molar refractivity (Wildman–Crippen MR) is 119 cm³/mol. The van der Waals surface area contributed by atoms with Gasteiger partial charge in [0, 0.05) is 11.1 Å². The van der Waals surface area contributed by atoms with E-state index in [2.05, 4.69) is 27.0 Å². The van der Waals surface area contributed by atoms with E-state index < -0.39 is 0 Å². The number of carbonyl (C=O) groups excluding carboxylic acids is 2. The van der Waals surface area contributed by atoms with Crippen molar-refractivity contribution in [3.63, 3.8) is 0 Å². The molecule has 144 valence electrons. The lowest BCUT2D eigenvalue weighted by Crippen LogP contribution is -1.98. The zero-order valence-electron chi connectivity index (χ0n) is 16.8. The highest BCUT2D eigenvalue weighted by Crippen LogP contribution is 2.33. The fraction of sp³-hybridized carbons (Fsp3) is 0.231. The van der Waals surface area contributed by atoms with Crippen LogP contribution in [-0.4, -0.2) is 11.6 Å². The molecule has 2 rings (SSSR count). The van der Waals surface area contributed by atoms with Gasteiger partial charge in [0.25, 0.3) is 0 Å². The standard InChI is InChI=1S/C26H28O2/c1-5-9-23(19-11-15-21(16-12-19)25(27)7-3)24(10-6-2)20-13-17-22(18-14-20)26(28)8-4/h7-8,11-18H,3-6,9-10H2,1-2H3. The topological polar surface area (TPSA) is 34.1 Å². The van der Waals surface area contributed by atoms with Crippen LogP contribution in [0.2, 0.25) is 0 Å². The van der Waals surface area contributed by atoms with Crippen LogP contribution < -0.4 is 0 Å². The molecule has 0 heterocycles. The first-order chi connectivity index (χ1) is 13.5. The van der Waals surface area contributed by atoms with Crippen LogP contribution >= 0.6 is 0 Å². The maximum absolute atomic E-state index is 11.8. The number of allylic oxidation sites excluding steroid dienone is 4. The summed E-state index contributed by atoms with van der Waals surface area (Å²) in [6.45, 7) is 11.4. The summed E-state index contributed by atoms with van der Waals surface area (Å²) in [5.74, 6) is -0.132. The smallest absolute Gasteiger partial charge is 0.185 e. The van der Waals surface area contributed by atoms with Crippen LogP contribution in [0.4, 0.5) is 0 Å². The first kappa shape index (κ1) is 21.3. The number of hydrogen-bond acceptors (Lipinski definition) is 2. The van der Waals surface area contributed by atoms with Gasteiger partial charge in [0.1, 0.15) is 0 Å². The summed E-state index contributed by atoms with van der Waals surface area (Å²) in [7, 11) is 0. The average molecular weight is 373 g/mol. The van der Waals surface area contributed by atoms with E-state index in [9.17, 15) is 9.59 Å². The fourth-order valence-corrected chi connectivity index (χ4v) is 3.35. The Balaban J connectivity index is 2.53. The fourth-order valence-electron chi connectivity index (χ4n) is 3.35. The molecule has 0 N–H and O–H groups in total. The molecule has 2 heteroatoms. The Morgan fingerprint density at radius 2 is 0.929 bits per heavy atom. The SMILES string of the molecule is C=CC(=O)c1ccc(C(CCC)=C(CCC)c2ccc(C(=O)C=C)cc2)cc1. The summed E-state index contributed by atoms with van der Waals surface area (Å²) >= 11 is 0. The van der Waals surface area contributed by atoms with Gasteiger partial charge in [-0.25, -0.2) is 0 Å². The van der Waals surface area contributed by atoms with E-state index in [1.54, 1.807) is 0 Å². The van der Waals surface area contributed by atoms with Crippen molar-refractivity contribution in [2.45, 2.75) is 39.5 Å². The molecule has 0 amide bonds. The summed E-state index contributed by atoms with van der Waals surface area (Å²) in [6, 6.07) is 15.5. The molecule has 0 aliphatic heterocycles. The van der Waals surface area contributed by atoms with Crippen LogP contribution in [-0.2, 0) is 0 Å². The number of rotatable bonds is 10. The van der Waals surface area contributed by atoms with Gasteiger partial charge in [-0.2, -0.15) is 0 Å². The zero-order valence-corrected chi connectivity index (χ0v) is 16.8.